The number of rotatable bonds is 37. The number of amides is 2. The van der Waals surface area contributed by atoms with Crippen molar-refractivity contribution in [3.05, 3.63) is 107 Å². The Morgan fingerprint density at radius 3 is 2.11 bits per heavy atom. The minimum atomic E-state index is -2.46. The number of nitrogens with two attached hydrogens (primary N) is 2. The molecule has 3 saturated heterocycles. The SMILES string of the molecule is CO[C@H]1C[C@@H]2CC[C@@H](C)[C@@](O)(O2)C(=O)C(=O)N2CCCC[C@H]2C(=O)O[C@H]([C@H](C)C[C@@H]2CC[C@@H](O)[C@H](OC)C2)C[C@@H](O)[C@H](C)/C=C(\C)[C@@H](O)[C@@H](OC)/C(=N/OCC(=O)CCCOCCOCCN2CCN(CCOCCOCCOCCOCCC(=O)N3CCc4cc(Cn5nc(-c6ccc7oc(N)nc7c6)c6c(N)nncc65)ccc4C3)CC2)[C@H](C)C[C@H](C)/C=C/C=C/C=C/1C. The fourth-order valence-electron chi connectivity index (χ4n) is 18.6. The van der Waals surface area contributed by atoms with E-state index >= 15 is 0 Å². The quantitative estimate of drug-likeness (QED) is 0.00709. The number of methoxy groups -OCH3 is 3. The lowest BCUT2D eigenvalue weighted by molar-refractivity contribution is -0.265. The predicted molar refractivity (Wildman–Crippen MR) is 493 cm³/mol. The van der Waals surface area contributed by atoms with Crippen molar-refractivity contribution in [3.8, 4) is 11.3 Å². The van der Waals surface area contributed by atoms with Crippen molar-refractivity contribution in [1.29, 1.82) is 0 Å². The number of nitrogen functional groups attached to an aromatic ring is 2. The van der Waals surface area contributed by atoms with E-state index in [0.717, 1.165) is 73.5 Å². The number of oxazole rings is 1. The molecule has 34 heteroatoms. The molecule has 0 unspecified atom stereocenters. The van der Waals surface area contributed by atoms with Gasteiger partial charge in [-0.05, 0) is 155 Å². The normalized spacial score (nSPS) is 28.4. The van der Waals surface area contributed by atoms with Crippen LogP contribution in [0.3, 0.4) is 0 Å². The molecule has 724 valence electrons. The van der Waals surface area contributed by atoms with E-state index in [1.165, 1.54) is 17.6 Å². The minimum Gasteiger partial charge on any atom is -0.460 e. The van der Waals surface area contributed by atoms with Crippen LogP contribution in [-0.2, 0) is 100 Å². The number of cyclic esters (lactones) is 1. The first-order valence-electron chi connectivity index (χ1n) is 47.2. The number of allylic oxidation sites excluding steroid dienone is 5. The molecule has 2 aromatic carbocycles. The summed E-state index contributed by atoms with van der Waals surface area (Å²) in [5.41, 5.74) is 20.7. The van der Waals surface area contributed by atoms with Crippen LogP contribution in [0.15, 0.2) is 99.8 Å². The second-order valence-corrected chi connectivity index (χ2v) is 36.3. The first-order chi connectivity index (χ1) is 63.2. The van der Waals surface area contributed by atoms with Crippen LogP contribution in [0.2, 0.25) is 0 Å². The number of aliphatic hydroxyl groups is 4. The molecule has 34 nitrogen and oxygen atoms in total. The zero-order valence-corrected chi connectivity index (χ0v) is 78.5. The summed E-state index contributed by atoms with van der Waals surface area (Å²) >= 11 is 0. The van der Waals surface area contributed by atoms with Gasteiger partial charge in [-0.3, -0.25) is 33.7 Å². The summed E-state index contributed by atoms with van der Waals surface area (Å²) in [5.74, 6) is -7.11. The molecule has 8 N–H and O–H groups in total. The number of fused-ring (bicyclic) bond motifs is 6. The van der Waals surface area contributed by atoms with E-state index in [1.54, 1.807) is 40.3 Å². The minimum absolute atomic E-state index is 0.0151. The Morgan fingerprint density at radius 1 is 0.710 bits per heavy atom. The summed E-state index contributed by atoms with van der Waals surface area (Å²) in [5, 5.41) is 65.8. The topological polar surface area (TPSA) is 424 Å². The third-order valence-corrected chi connectivity index (χ3v) is 26.6. The number of aliphatic hydroxyl groups excluding tert-OH is 3. The number of piperazine rings is 1. The summed E-state index contributed by atoms with van der Waals surface area (Å²) in [6.07, 6.45) is 13.9. The second kappa shape index (κ2) is 51.9. The third-order valence-electron chi connectivity index (χ3n) is 26.6. The molecule has 5 aromatic rings. The molecular weight excluding hydrogens is 1690 g/mol. The van der Waals surface area contributed by atoms with E-state index in [1.807, 2.05) is 79.8 Å². The Labute approximate surface area is 770 Å². The maximum absolute atomic E-state index is 14.7. The lowest BCUT2D eigenvalue weighted by Gasteiger charge is -2.43. The number of benzene rings is 2. The van der Waals surface area contributed by atoms with Crippen LogP contribution in [0.25, 0.3) is 33.3 Å². The fourth-order valence-corrected chi connectivity index (χ4v) is 18.6. The molecule has 2 bridgehead atoms. The lowest BCUT2D eigenvalue weighted by Crippen LogP contribution is -2.61. The monoisotopic (exact) mass is 1830 g/mol. The summed E-state index contributed by atoms with van der Waals surface area (Å²) in [6, 6.07) is 10.9. The summed E-state index contributed by atoms with van der Waals surface area (Å²) in [4.78, 5) is 88.3. The molecule has 2 amide bonds. The highest BCUT2D eigenvalue weighted by molar-refractivity contribution is 6.39. The standard InChI is InChI=1S/C97H144N12O22/c1-63-17-12-11-13-18-64(2)83(119-8)57-76-26-21-69(7)97(118,131-76)92(115)94(116)108-31-15-14-20-78(108)95(117)129-84(66(4)53-70-23-27-80(111)85(55-70)120-9)58-81(112)65(3)52-68(6)90(114)91(121-10)88(67(5)51-63)104-128-62-75(110)19-16-39-122-43-45-124-41-37-105-33-35-106(36-34-105)38-42-125-46-48-127-50-49-126-47-44-123-40-30-86(113)107-32-29-72-54-71(22-24-74(72)61-107)60-109-79-59-100-102-93(98)87(79)89(103-109)73-25-28-82-77(56-73)101-96(99)130-82/h11-13,17-18,22,24-25,28,52,54,56,59,63,65-67,69-70,76,78,80-81,83-85,90-91,111-112,114,118H,14-16,19-21,23,26-27,29-51,53,55,57-58,60-62H2,1-10H3,(H2,98,102)(H2,99,101)/b13-11+,17-12+,64-18+,68-52+,104-88+/t63-,65-,66-,67-,69-,70+,76+,78+,80-,81-,83+,84+,85-,90-,91+,97-/m1/s1. The van der Waals surface area contributed by atoms with Crippen molar-refractivity contribution < 1.29 is 106 Å². The number of piperidine rings is 1. The molecule has 11 rings (SSSR count). The number of oxime groups is 1. The van der Waals surface area contributed by atoms with Crippen LogP contribution in [-0.4, -0.2) is 320 Å². The molecule has 3 aromatic heterocycles. The highest BCUT2D eigenvalue weighted by Gasteiger charge is 2.53. The van der Waals surface area contributed by atoms with Crippen LogP contribution >= 0.6 is 0 Å². The van der Waals surface area contributed by atoms with Crippen LogP contribution in [0, 0.1) is 35.5 Å². The van der Waals surface area contributed by atoms with Gasteiger partial charge < -0.3 is 103 Å². The van der Waals surface area contributed by atoms with Gasteiger partial charge in [-0.2, -0.15) is 15.2 Å². The first kappa shape index (κ1) is 103. The van der Waals surface area contributed by atoms with E-state index in [0.29, 0.717) is 203 Å². The molecule has 5 aliphatic heterocycles. The van der Waals surface area contributed by atoms with Gasteiger partial charge in [-0.15, -0.1) is 5.10 Å². The Hall–Kier alpha value is -8.40. The van der Waals surface area contributed by atoms with E-state index in [9.17, 15) is 44.4 Å². The van der Waals surface area contributed by atoms with E-state index < -0.39 is 84.1 Å². The van der Waals surface area contributed by atoms with Gasteiger partial charge in [-0.25, -0.2) is 4.79 Å². The molecule has 16 atom stereocenters. The van der Waals surface area contributed by atoms with Gasteiger partial charge in [0.15, 0.2) is 23.8 Å². The van der Waals surface area contributed by atoms with Crippen molar-refractivity contribution in [1.82, 2.24) is 44.6 Å². The van der Waals surface area contributed by atoms with E-state index in [-0.39, 0.29) is 92.1 Å². The van der Waals surface area contributed by atoms with Crippen molar-refractivity contribution in [3.63, 3.8) is 0 Å². The van der Waals surface area contributed by atoms with Crippen molar-refractivity contribution in [2.75, 3.05) is 171 Å². The molecule has 6 aliphatic rings. The van der Waals surface area contributed by atoms with Crippen LogP contribution in [0.4, 0.5) is 11.8 Å². The molecular formula is C97H144N12O22. The van der Waals surface area contributed by atoms with E-state index in [2.05, 4.69) is 61.3 Å². The Kier molecular flexibility index (Phi) is 40.8. The largest absolute Gasteiger partial charge is 0.460 e. The zero-order chi connectivity index (χ0) is 93.5. The third kappa shape index (κ3) is 29.8. The van der Waals surface area contributed by atoms with Crippen molar-refractivity contribution >= 4 is 68.9 Å². The van der Waals surface area contributed by atoms with Crippen LogP contribution in [0.1, 0.15) is 161 Å². The number of ketones is 2. The average Bonchev–Trinajstić information content (AvgIpc) is 1.61. The smallest absolute Gasteiger partial charge is 0.329 e. The van der Waals surface area contributed by atoms with E-state index in [4.69, 9.17) is 77.9 Å². The van der Waals surface area contributed by atoms with Crippen LogP contribution < -0.4 is 11.5 Å². The van der Waals surface area contributed by atoms with Gasteiger partial charge >= 0.3 is 5.97 Å². The molecule has 8 heterocycles. The number of aromatic nitrogens is 5. The first-order valence-corrected chi connectivity index (χ1v) is 47.2. The Balaban J connectivity index is 0.550. The number of hydrogen-bond acceptors (Lipinski definition) is 31. The molecule has 131 heavy (non-hydrogen) atoms. The molecule has 1 aliphatic carbocycles. The highest BCUT2D eigenvalue weighted by Crippen LogP contribution is 2.40. The highest BCUT2D eigenvalue weighted by atomic mass is 16.6. The predicted octanol–water partition coefficient (Wildman–Crippen LogP) is 8.98. The lowest BCUT2D eigenvalue weighted by atomic mass is 9.78. The number of carbonyl (C=O) groups is 5. The van der Waals surface area contributed by atoms with Crippen molar-refractivity contribution in [2.45, 2.75) is 225 Å². The van der Waals surface area contributed by atoms with Gasteiger partial charge in [0, 0.05) is 129 Å². The summed E-state index contributed by atoms with van der Waals surface area (Å²) < 4.78 is 72.6. The summed E-state index contributed by atoms with van der Waals surface area (Å²) in [6.45, 7) is 25.3. The number of carbonyl (C=O) groups excluding carboxylic acids is 5. The maximum Gasteiger partial charge on any atom is 0.329 e. The zero-order valence-electron chi connectivity index (χ0n) is 78.5. The number of esters is 1. The molecule has 0 spiro atoms. The van der Waals surface area contributed by atoms with Gasteiger partial charge in [0.05, 0.1) is 139 Å². The van der Waals surface area contributed by atoms with Gasteiger partial charge in [0.2, 0.25) is 11.7 Å². The second-order valence-electron chi connectivity index (χ2n) is 36.3. The summed E-state index contributed by atoms with van der Waals surface area (Å²) in [7, 11) is 4.64. The fraction of sp³-hybridized carbons (Fsp3) is 0.670. The Morgan fingerprint density at radius 2 is 1.41 bits per heavy atom. The van der Waals surface area contributed by atoms with Gasteiger partial charge in [0.1, 0.15) is 35.6 Å². The number of ether oxygens (including phenoxy) is 11. The Bertz CT molecular complexity index is 4630. The number of anilines is 2. The molecule has 1 saturated carbocycles. The average molecular weight is 1830 g/mol. The van der Waals surface area contributed by atoms with Crippen LogP contribution in [0.5, 0.6) is 0 Å². The molecule has 0 radical (unpaired) electrons. The number of nitrogens with zero attached hydrogens (tertiary/aromatic N) is 10. The maximum atomic E-state index is 14.7. The van der Waals surface area contributed by atoms with Crippen molar-refractivity contribution in [2.24, 2.45) is 40.7 Å². The van der Waals surface area contributed by atoms with Gasteiger partial charge in [0.25, 0.3) is 17.7 Å². The van der Waals surface area contributed by atoms with Gasteiger partial charge in [-0.1, -0.05) is 94.4 Å². The molecule has 4 fully saturated rings. The number of hydrogen-bond donors (Lipinski definition) is 6. The number of Topliss-reactive ketones (excluding diaryl/α,β-unsaturated/α-hetero) is 2.